The quantitative estimate of drug-likeness (QED) is 0.606. The number of rotatable bonds is 2. The summed E-state index contributed by atoms with van der Waals surface area (Å²) >= 11 is 0. The summed E-state index contributed by atoms with van der Waals surface area (Å²) < 4.78 is 0. The molecule has 4 heteroatoms. The first-order valence-electron chi connectivity index (χ1n) is 7.15. The van der Waals surface area contributed by atoms with Gasteiger partial charge in [0.25, 0.3) is 0 Å². The summed E-state index contributed by atoms with van der Waals surface area (Å²) in [6.07, 6.45) is 1.80. The summed E-state index contributed by atoms with van der Waals surface area (Å²) in [7, 11) is 0. The fourth-order valence-corrected chi connectivity index (χ4v) is 2.62. The number of benzene rings is 2. The van der Waals surface area contributed by atoms with Crippen LogP contribution in [0.5, 0.6) is 0 Å². The van der Waals surface area contributed by atoms with Crippen molar-refractivity contribution in [2.45, 2.75) is 6.92 Å². The van der Waals surface area contributed by atoms with Gasteiger partial charge < -0.3 is 0 Å². The number of nitrogens with one attached hydrogen (secondary N) is 1. The average molecular weight is 286 g/mol. The fraction of sp³-hybridized carbons (Fsp3) is 0.0556. The van der Waals surface area contributed by atoms with Crippen molar-refractivity contribution < 1.29 is 0 Å². The van der Waals surface area contributed by atoms with Crippen LogP contribution in [0.2, 0.25) is 0 Å². The van der Waals surface area contributed by atoms with E-state index in [1.165, 1.54) is 0 Å². The molecule has 1 N–H and O–H groups in total. The Bertz CT molecular complexity index is 951. The largest absolute Gasteiger partial charge is 0.257 e. The van der Waals surface area contributed by atoms with Crippen LogP contribution in [0, 0.1) is 6.92 Å². The van der Waals surface area contributed by atoms with Gasteiger partial charge in [-0.25, -0.2) is 4.98 Å². The number of nitrogens with zero attached hydrogens (tertiary/aromatic N) is 3. The SMILES string of the molecule is Cc1ccccc1-c1n[nH]c(-c2nccc3ccccc23)n1. The fourth-order valence-electron chi connectivity index (χ4n) is 2.62. The van der Waals surface area contributed by atoms with Crippen molar-refractivity contribution in [3.8, 4) is 22.9 Å². The molecule has 0 aliphatic rings. The first kappa shape index (κ1) is 12.7. The van der Waals surface area contributed by atoms with Gasteiger partial charge >= 0.3 is 0 Å². The molecule has 2 aromatic carbocycles. The highest BCUT2D eigenvalue weighted by Crippen LogP contribution is 2.26. The molecule has 0 aliphatic carbocycles. The molecule has 0 saturated carbocycles. The monoisotopic (exact) mass is 286 g/mol. The Hall–Kier alpha value is -3.01. The van der Waals surface area contributed by atoms with Crippen molar-refractivity contribution in [2.75, 3.05) is 0 Å². The molecular formula is C18H14N4. The van der Waals surface area contributed by atoms with E-state index in [0.29, 0.717) is 11.6 Å². The molecule has 0 unspecified atom stereocenters. The van der Waals surface area contributed by atoms with E-state index in [4.69, 9.17) is 0 Å². The lowest BCUT2D eigenvalue weighted by Gasteiger charge is -2.02. The number of aryl methyl sites for hydroxylation is 1. The second-order valence-corrected chi connectivity index (χ2v) is 5.20. The average Bonchev–Trinajstić information content (AvgIpc) is 3.04. The van der Waals surface area contributed by atoms with Gasteiger partial charge in [-0.15, -0.1) is 0 Å². The summed E-state index contributed by atoms with van der Waals surface area (Å²) in [5.74, 6) is 1.39. The highest BCUT2D eigenvalue weighted by molar-refractivity contribution is 5.92. The van der Waals surface area contributed by atoms with Gasteiger partial charge in [0.1, 0.15) is 5.69 Å². The van der Waals surface area contributed by atoms with E-state index in [9.17, 15) is 0 Å². The Kier molecular flexibility index (Phi) is 2.93. The van der Waals surface area contributed by atoms with Crippen LogP contribution in [0.25, 0.3) is 33.7 Å². The molecule has 0 amide bonds. The molecule has 0 aliphatic heterocycles. The van der Waals surface area contributed by atoms with Crippen molar-refractivity contribution in [1.29, 1.82) is 0 Å². The van der Waals surface area contributed by atoms with Crippen molar-refractivity contribution >= 4 is 10.8 Å². The predicted octanol–water partition coefficient (Wildman–Crippen LogP) is 4.00. The van der Waals surface area contributed by atoms with Crippen LogP contribution in [0.4, 0.5) is 0 Å². The minimum absolute atomic E-state index is 0.690. The van der Waals surface area contributed by atoms with E-state index < -0.39 is 0 Å². The number of hydrogen-bond acceptors (Lipinski definition) is 3. The van der Waals surface area contributed by atoms with E-state index in [2.05, 4.69) is 39.2 Å². The van der Waals surface area contributed by atoms with Crippen molar-refractivity contribution in [2.24, 2.45) is 0 Å². The van der Waals surface area contributed by atoms with Crippen molar-refractivity contribution in [3.63, 3.8) is 0 Å². The first-order valence-corrected chi connectivity index (χ1v) is 7.15. The summed E-state index contributed by atoms with van der Waals surface area (Å²) in [5, 5.41) is 9.58. The summed E-state index contributed by atoms with van der Waals surface area (Å²) in [5.41, 5.74) is 3.01. The molecule has 0 atom stereocenters. The lowest BCUT2D eigenvalue weighted by Crippen LogP contribution is -1.88. The number of hydrogen-bond donors (Lipinski definition) is 1. The minimum Gasteiger partial charge on any atom is -0.257 e. The molecule has 2 aromatic heterocycles. The maximum Gasteiger partial charge on any atom is 0.181 e. The number of fused-ring (bicyclic) bond motifs is 1. The molecule has 0 radical (unpaired) electrons. The second-order valence-electron chi connectivity index (χ2n) is 5.20. The molecular weight excluding hydrogens is 272 g/mol. The topological polar surface area (TPSA) is 54.5 Å². The molecule has 0 bridgehead atoms. The Morgan fingerprint density at radius 2 is 1.73 bits per heavy atom. The van der Waals surface area contributed by atoms with Gasteiger partial charge in [-0.3, -0.25) is 10.1 Å². The Labute approximate surface area is 127 Å². The van der Waals surface area contributed by atoms with Crippen LogP contribution >= 0.6 is 0 Å². The molecule has 2 heterocycles. The van der Waals surface area contributed by atoms with Crippen LogP contribution in [-0.4, -0.2) is 20.2 Å². The third-order valence-corrected chi connectivity index (χ3v) is 3.77. The van der Waals surface area contributed by atoms with Gasteiger partial charge in [-0.2, -0.15) is 5.10 Å². The molecule has 106 valence electrons. The number of H-pyrrole nitrogens is 1. The summed E-state index contributed by atoms with van der Waals surface area (Å²) in [4.78, 5) is 9.11. The van der Waals surface area contributed by atoms with E-state index >= 15 is 0 Å². The minimum atomic E-state index is 0.690. The molecule has 4 nitrogen and oxygen atoms in total. The Morgan fingerprint density at radius 1 is 0.909 bits per heavy atom. The maximum absolute atomic E-state index is 4.63. The van der Waals surface area contributed by atoms with Gasteiger partial charge in [-0.1, -0.05) is 48.5 Å². The summed E-state index contributed by atoms with van der Waals surface area (Å²) in [6, 6.07) is 18.2. The second kappa shape index (κ2) is 5.07. The Balaban J connectivity index is 1.86. The van der Waals surface area contributed by atoms with E-state index in [-0.39, 0.29) is 0 Å². The predicted molar refractivity (Wildman–Crippen MR) is 87.3 cm³/mol. The van der Waals surface area contributed by atoms with Crippen LogP contribution < -0.4 is 0 Å². The van der Waals surface area contributed by atoms with Gasteiger partial charge in [0.05, 0.1) is 0 Å². The lowest BCUT2D eigenvalue weighted by atomic mass is 10.1. The Morgan fingerprint density at radius 3 is 2.64 bits per heavy atom. The third-order valence-electron chi connectivity index (χ3n) is 3.77. The zero-order chi connectivity index (χ0) is 14.9. The van der Waals surface area contributed by atoms with Crippen molar-refractivity contribution in [1.82, 2.24) is 20.2 Å². The maximum atomic E-state index is 4.63. The zero-order valence-corrected chi connectivity index (χ0v) is 12.1. The van der Waals surface area contributed by atoms with E-state index in [1.54, 1.807) is 6.20 Å². The zero-order valence-electron chi connectivity index (χ0n) is 12.1. The van der Waals surface area contributed by atoms with Crippen LogP contribution in [0.3, 0.4) is 0 Å². The lowest BCUT2D eigenvalue weighted by molar-refractivity contribution is 1.09. The van der Waals surface area contributed by atoms with Gasteiger partial charge in [0.15, 0.2) is 11.6 Å². The molecule has 0 spiro atoms. The summed E-state index contributed by atoms with van der Waals surface area (Å²) in [6.45, 7) is 2.06. The third kappa shape index (κ3) is 2.05. The van der Waals surface area contributed by atoms with E-state index in [0.717, 1.165) is 27.6 Å². The highest BCUT2D eigenvalue weighted by atomic mass is 15.2. The van der Waals surface area contributed by atoms with Gasteiger partial charge in [-0.05, 0) is 23.9 Å². The number of pyridine rings is 1. The normalized spacial score (nSPS) is 11.0. The number of aromatic amines is 1. The molecule has 4 aromatic rings. The van der Waals surface area contributed by atoms with Crippen LogP contribution in [0.15, 0.2) is 60.8 Å². The molecule has 22 heavy (non-hydrogen) atoms. The number of aromatic nitrogens is 4. The highest BCUT2D eigenvalue weighted by Gasteiger charge is 2.12. The first-order chi connectivity index (χ1) is 10.8. The molecule has 0 fully saturated rings. The van der Waals surface area contributed by atoms with Crippen molar-refractivity contribution in [3.05, 3.63) is 66.4 Å². The van der Waals surface area contributed by atoms with Crippen LogP contribution in [-0.2, 0) is 0 Å². The van der Waals surface area contributed by atoms with Gasteiger partial charge in [0.2, 0.25) is 0 Å². The van der Waals surface area contributed by atoms with Crippen LogP contribution in [0.1, 0.15) is 5.56 Å². The molecule has 0 saturated heterocycles. The van der Waals surface area contributed by atoms with Gasteiger partial charge in [0, 0.05) is 17.1 Å². The molecule has 4 rings (SSSR count). The smallest absolute Gasteiger partial charge is 0.181 e. The van der Waals surface area contributed by atoms with E-state index in [1.807, 2.05) is 42.5 Å². The standard InChI is InChI=1S/C18H14N4/c1-12-6-2-4-8-14(12)17-20-18(22-21-17)16-15-9-5-3-7-13(15)10-11-19-16/h2-11H,1H3,(H,20,21,22).